The van der Waals surface area contributed by atoms with E-state index in [1.54, 1.807) is 43.7 Å². The number of nitrogens with zero attached hydrogens (tertiary/aromatic N) is 4. The van der Waals surface area contributed by atoms with Gasteiger partial charge in [-0.05, 0) is 59.5 Å². The van der Waals surface area contributed by atoms with Crippen LogP contribution in [0.15, 0.2) is 88.8 Å². The number of fused-ring (bicyclic) bond motifs is 1. The molecule has 0 spiro atoms. The van der Waals surface area contributed by atoms with Crippen molar-refractivity contribution in [3.63, 3.8) is 0 Å². The van der Waals surface area contributed by atoms with Crippen LogP contribution in [0.2, 0.25) is 0 Å². The lowest BCUT2D eigenvalue weighted by molar-refractivity contribution is -0.122. The van der Waals surface area contributed by atoms with E-state index < -0.39 is 0 Å². The van der Waals surface area contributed by atoms with Crippen LogP contribution in [0.4, 0.5) is 17.2 Å². The van der Waals surface area contributed by atoms with Crippen LogP contribution in [0.25, 0.3) is 27.6 Å². The molecule has 5 aromatic rings. The number of aliphatic hydroxyl groups is 1. The lowest BCUT2D eigenvalue weighted by Crippen LogP contribution is -2.24. The standard InChI is InChI=1S/C32H32N6O5/c1-33-30(40)19-43-23-9-11-29(34-16-23)35-27-15-21(17-37(4)32(27)42)24-6-5-7-28(26(24)18-39)38-13-12-20-14-22(36(2)3)8-10-25(20)31(38)41/h5-17,39H,18-19H2,1-4H3,(H,33,40)(H,34,35). The van der Waals surface area contributed by atoms with Gasteiger partial charge in [-0.1, -0.05) is 12.1 Å². The summed E-state index contributed by atoms with van der Waals surface area (Å²) in [4.78, 5) is 44.3. The Kier molecular flexibility index (Phi) is 8.26. The van der Waals surface area contributed by atoms with Gasteiger partial charge in [0.1, 0.15) is 17.3 Å². The number of aryl methyl sites for hydroxylation is 1. The average Bonchev–Trinajstić information content (AvgIpc) is 3.02. The van der Waals surface area contributed by atoms with Crippen LogP contribution in [0.5, 0.6) is 5.75 Å². The Morgan fingerprint density at radius 2 is 1.86 bits per heavy atom. The summed E-state index contributed by atoms with van der Waals surface area (Å²) in [5, 5.41) is 17.4. The molecule has 0 unspecified atom stereocenters. The molecule has 0 saturated heterocycles. The van der Waals surface area contributed by atoms with E-state index in [-0.39, 0.29) is 35.9 Å². The predicted octanol–water partition coefficient (Wildman–Crippen LogP) is 3.18. The minimum Gasteiger partial charge on any atom is -0.482 e. The van der Waals surface area contributed by atoms with Gasteiger partial charge in [0.25, 0.3) is 17.0 Å². The smallest absolute Gasteiger partial charge is 0.274 e. The molecule has 43 heavy (non-hydrogen) atoms. The molecule has 0 aliphatic heterocycles. The Hall–Kier alpha value is -5.42. The molecule has 5 rings (SSSR count). The molecule has 3 N–H and O–H groups in total. The number of carbonyl (C=O) groups excluding carboxylic acids is 1. The van der Waals surface area contributed by atoms with Crippen LogP contribution in [0.1, 0.15) is 5.56 Å². The number of aliphatic hydroxyl groups excluding tert-OH is 1. The SMILES string of the molecule is CNC(=O)COc1ccc(Nc2cc(-c3cccc(-n4ccc5cc(N(C)C)ccc5c4=O)c3CO)cn(C)c2=O)nc1. The van der Waals surface area contributed by atoms with E-state index in [4.69, 9.17) is 4.74 Å². The summed E-state index contributed by atoms with van der Waals surface area (Å²) in [7, 11) is 7.05. The summed E-state index contributed by atoms with van der Waals surface area (Å²) in [6.45, 7) is -0.470. The number of carbonyl (C=O) groups is 1. The third-order valence-electron chi connectivity index (χ3n) is 7.12. The highest BCUT2D eigenvalue weighted by molar-refractivity contribution is 5.85. The molecule has 2 aromatic carbocycles. The lowest BCUT2D eigenvalue weighted by Gasteiger charge is -2.17. The van der Waals surface area contributed by atoms with Gasteiger partial charge >= 0.3 is 0 Å². The van der Waals surface area contributed by atoms with Crippen molar-refractivity contribution >= 4 is 33.9 Å². The fraction of sp³-hybridized carbons (Fsp3) is 0.188. The van der Waals surface area contributed by atoms with E-state index in [1.165, 1.54) is 22.4 Å². The van der Waals surface area contributed by atoms with Crippen molar-refractivity contribution in [1.82, 2.24) is 19.4 Å². The topological polar surface area (TPSA) is 131 Å². The van der Waals surface area contributed by atoms with Gasteiger partial charge in [0, 0.05) is 62.8 Å². The highest BCUT2D eigenvalue weighted by Crippen LogP contribution is 2.30. The largest absolute Gasteiger partial charge is 0.482 e. The number of nitrogens with one attached hydrogen (secondary N) is 2. The maximum absolute atomic E-state index is 13.6. The molecule has 0 aliphatic carbocycles. The van der Waals surface area contributed by atoms with Gasteiger partial charge in [-0.3, -0.25) is 19.0 Å². The van der Waals surface area contributed by atoms with Crippen molar-refractivity contribution in [3.05, 3.63) is 106 Å². The van der Waals surface area contributed by atoms with Crippen molar-refractivity contribution in [1.29, 1.82) is 0 Å². The molecule has 11 heteroatoms. The molecule has 0 bridgehead atoms. The van der Waals surface area contributed by atoms with Crippen LogP contribution in [0, 0.1) is 0 Å². The first-order valence-electron chi connectivity index (χ1n) is 13.5. The van der Waals surface area contributed by atoms with Crippen molar-refractivity contribution in [2.75, 3.05) is 38.0 Å². The summed E-state index contributed by atoms with van der Waals surface area (Å²) in [5.74, 6) is 0.540. The second-order valence-electron chi connectivity index (χ2n) is 10.1. The number of likely N-dealkylation sites (N-methyl/N-ethyl adjacent to an activating group) is 1. The van der Waals surface area contributed by atoms with Crippen LogP contribution in [0.3, 0.4) is 0 Å². The van der Waals surface area contributed by atoms with Crippen molar-refractivity contribution in [3.8, 4) is 22.6 Å². The zero-order chi connectivity index (χ0) is 30.7. The molecule has 0 radical (unpaired) electrons. The Morgan fingerprint density at radius 1 is 1.05 bits per heavy atom. The minimum atomic E-state index is -0.333. The molecule has 0 saturated carbocycles. The Bertz CT molecular complexity index is 1930. The molecule has 3 aromatic heterocycles. The molecule has 0 fully saturated rings. The number of amides is 1. The van der Waals surface area contributed by atoms with E-state index in [1.807, 2.05) is 55.4 Å². The Balaban J connectivity index is 1.51. The van der Waals surface area contributed by atoms with Crippen molar-refractivity contribution < 1.29 is 14.6 Å². The van der Waals surface area contributed by atoms with E-state index in [2.05, 4.69) is 15.6 Å². The number of hydrogen-bond donors (Lipinski definition) is 3. The van der Waals surface area contributed by atoms with Gasteiger partial charge in [0.2, 0.25) is 0 Å². The second-order valence-corrected chi connectivity index (χ2v) is 10.1. The first-order valence-corrected chi connectivity index (χ1v) is 13.5. The number of hydrogen-bond acceptors (Lipinski definition) is 8. The van der Waals surface area contributed by atoms with Gasteiger partial charge < -0.3 is 29.9 Å². The molecular formula is C32H32N6O5. The molecule has 0 atom stereocenters. The second kappa shape index (κ2) is 12.2. The fourth-order valence-corrected chi connectivity index (χ4v) is 4.79. The summed E-state index contributed by atoms with van der Waals surface area (Å²) < 4.78 is 8.36. The molecular weight excluding hydrogens is 548 g/mol. The molecule has 0 aliphatic rings. The fourth-order valence-electron chi connectivity index (χ4n) is 4.79. The normalized spacial score (nSPS) is 10.9. The van der Waals surface area contributed by atoms with E-state index in [9.17, 15) is 19.5 Å². The van der Waals surface area contributed by atoms with E-state index in [0.29, 0.717) is 39.3 Å². The maximum Gasteiger partial charge on any atom is 0.274 e. The summed E-state index contributed by atoms with van der Waals surface area (Å²) >= 11 is 0. The van der Waals surface area contributed by atoms with Crippen molar-refractivity contribution in [2.24, 2.45) is 7.05 Å². The summed E-state index contributed by atoms with van der Waals surface area (Å²) in [6, 6.07) is 18.0. The minimum absolute atomic E-state index is 0.136. The van der Waals surface area contributed by atoms with Crippen LogP contribution in [-0.4, -0.2) is 52.9 Å². The van der Waals surface area contributed by atoms with Crippen molar-refractivity contribution in [2.45, 2.75) is 6.61 Å². The summed E-state index contributed by atoms with van der Waals surface area (Å²) in [6.07, 6.45) is 4.85. The van der Waals surface area contributed by atoms with E-state index in [0.717, 1.165) is 11.1 Å². The van der Waals surface area contributed by atoms with Gasteiger partial charge in [0.05, 0.1) is 18.5 Å². The first-order chi connectivity index (χ1) is 20.7. The third kappa shape index (κ3) is 5.97. The molecule has 11 nitrogen and oxygen atoms in total. The van der Waals surface area contributed by atoms with Crippen LogP contribution in [-0.2, 0) is 18.4 Å². The average molecular weight is 581 g/mol. The number of aromatic nitrogens is 3. The molecule has 220 valence electrons. The number of pyridine rings is 3. The number of rotatable bonds is 9. The zero-order valence-electron chi connectivity index (χ0n) is 24.3. The molecule has 3 heterocycles. The number of benzene rings is 2. The van der Waals surface area contributed by atoms with Crippen LogP contribution < -0.4 is 31.4 Å². The van der Waals surface area contributed by atoms with Gasteiger partial charge in [-0.15, -0.1) is 0 Å². The summed E-state index contributed by atoms with van der Waals surface area (Å²) in [5.41, 5.74) is 3.17. The van der Waals surface area contributed by atoms with Gasteiger partial charge in [-0.2, -0.15) is 0 Å². The maximum atomic E-state index is 13.6. The highest BCUT2D eigenvalue weighted by atomic mass is 16.5. The highest BCUT2D eigenvalue weighted by Gasteiger charge is 2.16. The van der Waals surface area contributed by atoms with Crippen LogP contribution >= 0.6 is 0 Å². The predicted molar refractivity (Wildman–Crippen MR) is 168 cm³/mol. The monoisotopic (exact) mass is 580 g/mol. The third-order valence-corrected chi connectivity index (χ3v) is 7.12. The first kappa shape index (κ1) is 29.1. The Labute approximate surface area is 247 Å². The Morgan fingerprint density at radius 3 is 2.56 bits per heavy atom. The van der Waals surface area contributed by atoms with Gasteiger partial charge in [0.15, 0.2) is 6.61 Å². The molecule has 1 amide bonds. The number of ether oxygens (including phenoxy) is 1. The zero-order valence-corrected chi connectivity index (χ0v) is 24.3. The number of anilines is 3. The lowest BCUT2D eigenvalue weighted by atomic mass is 9.99. The van der Waals surface area contributed by atoms with Gasteiger partial charge in [-0.25, -0.2) is 4.98 Å². The van der Waals surface area contributed by atoms with E-state index >= 15 is 0 Å². The quantitative estimate of drug-likeness (QED) is 0.242.